The van der Waals surface area contributed by atoms with Crippen molar-refractivity contribution in [2.45, 2.75) is 71.1 Å². The van der Waals surface area contributed by atoms with Crippen molar-refractivity contribution in [1.29, 1.82) is 0 Å². The molecule has 1 unspecified atom stereocenters. The van der Waals surface area contributed by atoms with Crippen LogP contribution < -0.4 is 0 Å². The summed E-state index contributed by atoms with van der Waals surface area (Å²) >= 11 is 6.17. The smallest absolute Gasteiger partial charge is 0.0336 e. The van der Waals surface area contributed by atoms with Crippen LogP contribution in [0.3, 0.4) is 0 Å². The minimum Gasteiger partial charge on any atom is -0.123 e. The van der Waals surface area contributed by atoms with Crippen molar-refractivity contribution in [2.24, 2.45) is 5.92 Å². The second-order valence-electron chi connectivity index (χ2n) is 4.42. The average Bonchev–Trinajstić information content (AvgIpc) is 2.08. The van der Waals surface area contributed by atoms with Crippen LogP contribution in [0.25, 0.3) is 0 Å². The molecule has 0 spiro atoms. The predicted molar refractivity (Wildman–Crippen MR) is 62.5 cm³/mol. The van der Waals surface area contributed by atoms with Gasteiger partial charge in [0.1, 0.15) is 0 Å². The molecule has 0 amide bonds. The SMILES string of the molecule is CCCCC(Cl)CCCCC(C)C. The van der Waals surface area contributed by atoms with E-state index in [4.69, 9.17) is 11.6 Å². The maximum absolute atomic E-state index is 6.17. The molecule has 0 heterocycles. The van der Waals surface area contributed by atoms with Gasteiger partial charge in [-0.05, 0) is 18.8 Å². The van der Waals surface area contributed by atoms with Crippen LogP contribution in [0.5, 0.6) is 0 Å². The van der Waals surface area contributed by atoms with Crippen molar-refractivity contribution < 1.29 is 0 Å². The molecule has 0 aromatic heterocycles. The van der Waals surface area contributed by atoms with E-state index in [0.717, 1.165) is 5.92 Å². The van der Waals surface area contributed by atoms with E-state index in [2.05, 4.69) is 20.8 Å². The lowest BCUT2D eigenvalue weighted by molar-refractivity contribution is 0.513. The lowest BCUT2D eigenvalue weighted by Crippen LogP contribution is -1.98. The van der Waals surface area contributed by atoms with E-state index in [1.54, 1.807) is 0 Å². The molecule has 80 valence electrons. The molecule has 0 aliphatic rings. The van der Waals surface area contributed by atoms with E-state index < -0.39 is 0 Å². The molecule has 1 heteroatoms. The van der Waals surface area contributed by atoms with Gasteiger partial charge in [0.15, 0.2) is 0 Å². The highest BCUT2D eigenvalue weighted by atomic mass is 35.5. The molecular formula is C12H25Cl. The monoisotopic (exact) mass is 204 g/mol. The zero-order chi connectivity index (χ0) is 10.1. The Balaban J connectivity index is 3.12. The van der Waals surface area contributed by atoms with Crippen molar-refractivity contribution in [1.82, 2.24) is 0 Å². The minimum absolute atomic E-state index is 0.437. The fourth-order valence-electron chi connectivity index (χ4n) is 1.49. The Morgan fingerprint density at radius 1 is 0.923 bits per heavy atom. The molecule has 0 aliphatic carbocycles. The zero-order valence-corrected chi connectivity index (χ0v) is 10.2. The summed E-state index contributed by atoms with van der Waals surface area (Å²) in [4.78, 5) is 0. The first-order valence-corrected chi connectivity index (χ1v) is 6.24. The van der Waals surface area contributed by atoms with Gasteiger partial charge in [0.25, 0.3) is 0 Å². The molecule has 0 saturated heterocycles. The highest BCUT2D eigenvalue weighted by Gasteiger charge is 2.03. The molecule has 1 atom stereocenters. The number of alkyl halides is 1. The molecule has 0 aromatic carbocycles. The Kier molecular flexibility index (Phi) is 9.07. The second kappa shape index (κ2) is 8.87. The number of hydrogen-bond acceptors (Lipinski definition) is 0. The molecule has 0 aliphatic heterocycles. The molecule has 0 nitrogen and oxygen atoms in total. The normalized spacial score (nSPS) is 13.6. The van der Waals surface area contributed by atoms with Gasteiger partial charge in [-0.25, -0.2) is 0 Å². The Bertz CT molecular complexity index is 99.3. The standard InChI is InChI=1S/C12H25Cl/c1-4-5-9-12(13)10-7-6-8-11(2)3/h11-12H,4-10H2,1-3H3. The van der Waals surface area contributed by atoms with E-state index >= 15 is 0 Å². The van der Waals surface area contributed by atoms with E-state index in [-0.39, 0.29) is 0 Å². The summed E-state index contributed by atoms with van der Waals surface area (Å²) in [5, 5.41) is 0.437. The number of unbranched alkanes of at least 4 members (excludes halogenated alkanes) is 2. The maximum atomic E-state index is 6.17. The van der Waals surface area contributed by atoms with Crippen molar-refractivity contribution in [3.63, 3.8) is 0 Å². The molecule has 0 saturated carbocycles. The first-order chi connectivity index (χ1) is 6.16. The summed E-state index contributed by atoms with van der Waals surface area (Å²) in [5.41, 5.74) is 0. The molecule has 0 radical (unpaired) electrons. The second-order valence-corrected chi connectivity index (χ2v) is 5.04. The molecule has 0 fully saturated rings. The van der Waals surface area contributed by atoms with Gasteiger partial charge < -0.3 is 0 Å². The van der Waals surface area contributed by atoms with Crippen LogP contribution in [0.4, 0.5) is 0 Å². The summed E-state index contributed by atoms with van der Waals surface area (Å²) in [6.45, 7) is 6.80. The molecule has 0 bridgehead atoms. The maximum Gasteiger partial charge on any atom is 0.0336 e. The van der Waals surface area contributed by atoms with Crippen LogP contribution in [0.2, 0.25) is 0 Å². The van der Waals surface area contributed by atoms with E-state index in [1.807, 2.05) is 0 Å². The van der Waals surface area contributed by atoms with Crippen molar-refractivity contribution in [2.75, 3.05) is 0 Å². The molecule has 13 heavy (non-hydrogen) atoms. The van der Waals surface area contributed by atoms with Gasteiger partial charge >= 0.3 is 0 Å². The first kappa shape index (κ1) is 13.3. The highest BCUT2D eigenvalue weighted by molar-refractivity contribution is 6.20. The van der Waals surface area contributed by atoms with Crippen LogP contribution in [-0.2, 0) is 0 Å². The fourth-order valence-corrected chi connectivity index (χ4v) is 1.80. The summed E-state index contributed by atoms with van der Waals surface area (Å²) in [6.07, 6.45) is 9.02. The number of rotatable bonds is 8. The summed E-state index contributed by atoms with van der Waals surface area (Å²) in [5.74, 6) is 0.851. The Hall–Kier alpha value is 0.290. The van der Waals surface area contributed by atoms with Crippen molar-refractivity contribution >= 4 is 11.6 Å². The van der Waals surface area contributed by atoms with Crippen LogP contribution in [0, 0.1) is 5.92 Å². The van der Waals surface area contributed by atoms with Crippen LogP contribution in [0.15, 0.2) is 0 Å². The molecule has 0 N–H and O–H groups in total. The predicted octanol–water partition coefficient (Wildman–Crippen LogP) is 5.00. The lowest BCUT2D eigenvalue weighted by atomic mass is 10.0. The fraction of sp³-hybridized carbons (Fsp3) is 1.00. The van der Waals surface area contributed by atoms with Gasteiger partial charge in [0.2, 0.25) is 0 Å². The van der Waals surface area contributed by atoms with Crippen LogP contribution >= 0.6 is 11.6 Å². The first-order valence-electron chi connectivity index (χ1n) is 5.80. The van der Waals surface area contributed by atoms with Crippen LogP contribution in [-0.4, -0.2) is 5.38 Å². The Morgan fingerprint density at radius 3 is 2.00 bits per heavy atom. The third-order valence-electron chi connectivity index (χ3n) is 2.42. The van der Waals surface area contributed by atoms with E-state index in [1.165, 1.54) is 44.9 Å². The molecule has 0 aromatic rings. The molecular weight excluding hydrogens is 180 g/mol. The van der Waals surface area contributed by atoms with Crippen molar-refractivity contribution in [3.05, 3.63) is 0 Å². The van der Waals surface area contributed by atoms with Gasteiger partial charge in [0, 0.05) is 5.38 Å². The lowest BCUT2D eigenvalue weighted by Gasteiger charge is -2.09. The van der Waals surface area contributed by atoms with Gasteiger partial charge in [0.05, 0.1) is 0 Å². The average molecular weight is 205 g/mol. The summed E-state index contributed by atoms with van der Waals surface area (Å²) in [6, 6.07) is 0. The summed E-state index contributed by atoms with van der Waals surface area (Å²) < 4.78 is 0. The number of halogens is 1. The Morgan fingerprint density at radius 2 is 1.46 bits per heavy atom. The molecule has 0 rings (SSSR count). The van der Waals surface area contributed by atoms with Crippen LogP contribution in [0.1, 0.15) is 65.7 Å². The van der Waals surface area contributed by atoms with Gasteiger partial charge in [-0.1, -0.05) is 52.9 Å². The zero-order valence-electron chi connectivity index (χ0n) is 9.48. The third-order valence-corrected chi connectivity index (χ3v) is 2.86. The minimum atomic E-state index is 0.437. The van der Waals surface area contributed by atoms with Gasteiger partial charge in [-0.2, -0.15) is 0 Å². The topological polar surface area (TPSA) is 0 Å². The highest BCUT2D eigenvalue weighted by Crippen LogP contribution is 2.16. The van der Waals surface area contributed by atoms with Gasteiger partial charge in [-0.3, -0.25) is 0 Å². The van der Waals surface area contributed by atoms with Crippen molar-refractivity contribution in [3.8, 4) is 0 Å². The Labute approximate surface area is 89.1 Å². The third kappa shape index (κ3) is 10.2. The van der Waals surface area contributed by atoms with Gasteiger partial charge in [-0.15, -0.1) is 11.6 Å². The quantitative estimate of drug-likeness (QED) is 0.386. The largest absolute Gasteiger partial charge is 0.123 e. The van der Waals surface area contributed by atoms with E-state index in [0.29, 0.717) is 5.38 Å². The number of hydrogen-bond donors (Lipinski definition) is 0. The van der Waals surface area contributed by atoms with E-state index in [9.17, 15) is 0 Å². The summed E-state index contributed by atoms with van der Waals surface area (Å²) in [7, 11) is 0.